The van der Waals surface area contributed by atoms with Crippen molar-refractivity contribution in [1.82, 2.24) is 4.72 Å². The minimum atomic E-state index is -4.13. The number of carbonyl (C=O) groups is 2. The summed E-state index contributed by atoms with van der Waals surface area (Å²) in [5.74, 6) is -6.35. The highest BCUT2D eigenvalue weighted by Gasteiger charge is 2.24. The van der Waals surface area contributed by atoms with Crippen LogP contribution in [0.1, 0.15) is 13.3 Å². The van der Waals surface area contributed by atoms with E-state index < -0.39 is 57.7 Å². The first-order valence-corrected chi connectivity index (χ1v) is 11.1. The molecule has 33 heavy (non-hydrogen) atoms. The molecule has 0 aliphatic carbocycles. The molecule has 3 rings (SSSR count). The van der Waals surface area contributed by atoms with Gasteiger partial charge in [0, 0.05) is 12.5 Å². The first-order chi connectivity index (χ1) is 15.6. The van der Waals surface area contributed by atoms with E-state index in [0.29, 0.717) is 31.5 Å². The van der Waals surface area contributed by atoms with E-state index in [9.17, 15) is 31.2 Å². The van der Waals surface area contributed by atoms with Gasteiger partial charge in [0.25, 0.3) is 5.91 Å². The summed E-state index contributed by atoms with van der Waals surface area (Å²) in [7, 11) is -4.13. The van der Waals surface area contributed by atoms with E-state index in [-0.39, 0.29) is 10.6 Å². The number of amides is 1. The molecule has 1 heterocycles. The Bertz CT molecular complexity index is 1170. The van der Waals surface area contributed by atoms with Crippen LogP contribution in [0.2, 0.25) is 0 Å². The van der Waals surface area contributed by atoms with Gasteiger partial charge in [-0.05, 0) is 31.2 Å². The van der Waals surface area contributed by atoms with Crippen molar-refractivity contribution in [3.05, 3.63) is 47.8 Å². The molecule has 0 fully saturated rings. The topological polar surface area (TPSA) is 120 Å². The zero-order valence-corrected chi connectivity index (χ0v) is 18.0. The van der Waals surface area contributed by atoms with Gasteiger partial charge in [-0.25, -0.2) is 21.6 Å². The summed E-state index contributed by atoms with van der Waals surface area (Å²) in [4.78, 5) is 23.8. The fourth-order valence-corrected chi connectivity index (χ4v) is 3.68. The third kappa shape index (κ3) is 5.93. The SMILES string of the molecule is CC(OC(=O)CNS(=O)(=O)c1ccc2c(c1)OCCCO2)C(=O)Nc1ccc(F)c(F)c1F. The second-order valence-electron chi connectivity index (χ2n) is 6.83. The van der Waals surface area contributed by atoms with Crippen LogP contribution >= 0.6 is 0 Å². The van der Waals surface area contributed by atoms with Gasteiger partial charge in [-0.3, -0.25) is 9.59 Å². The van der Waals surface area contributed by atoms with Crippen molar-refractivity contribution in [2.75, 3.05) is 25.1 Å². The minimum Gasteiger partial charge on any atom is -0.490 e. The van der Waals surface area contributed by atoms with Gasteiger partial charge in [-0.2, -0.15) is 4.72 Å². The molecule has 1 amide bonds. The number of ether oxygens (including phenoxy) is 3. The lowest BCUT2D eigenvalue weighted by Crippen LogP contribution is -2.36. The number of fused-ring (bicyclic) bond motifs is 1. The van der Waals surface area contributed by atoms with Crippen molar-refractivity contribution < 1.29 is 45.4 Å². The van der Waals surface area contributed by atoms with Crippen LogP contribution < -0.4 is 19.5 Å². The minimum absolute atomic E-state index is 0.181. The van der Waals surface area contributed by atoms with Crippen molar-refractivity contribution in [2.45, 2.75) is 24.3 Å². The van der Waals surface area contributed by atoms with Crippen molar-refractivity contribution in [3.63, 3.8) is 0 Å². The van der Waals surface area contributed by atoms with E-state index in [1.165, 1.54) is 18.2 Å². The summed E-state index contributed by atoms with van der Waals surface area (Å²) in [5.41, 5.74) is -0.656. The number of anilines is 1. The fraction of sp³-hybridized carbons (Fsp3) is 0.300. The smallest absolute Gasteiger partial charge is 0.321 e. The largest absolute Gasteiger partial charge is 0.490 e. The van der Waals surface area contributed by atoms with Crippen LogP contribution in [0.5, 0.6) is 11.5 Å². The number of hydrogen-bond donors (Lipinski definition) is 2. The lowest BCUT2D eigenvalue weighted by atomic mass is 10.2. The number of carbonyl (C=O) groups excluding carboxylic acids is 2. The molecule has 2 aromatic carbocycles. The van der Waals surface area contributed by atoms with Crippen LogP contribution in [0.3, 0.4) is 0 Å². The molecule has 1 unspecified atom stereocenters. The van der Waals surface area contributed by atoms with Gasteiger partial charge in [-0.1, -0.05) is 0 Å². The van der Waals surface area contributed by atoms with Crippen LogP contribution in [0, 0.1) is 17.5 Å². The standard InChI is InChI=1S/C20H19F3N2O7S/c1-11(20(27)25-14-5-4-13(21)18(22)19(14)23)32-17(26)10-24-33(28,29)12-3-6-15-16(9-12)31-8-2-7-30-15/h3-6,9,11,24H,2,7-8,10H2,1H3,(H,25,27). The molecule has 2 N–H and O–H groups in total. The summed E-state index contributed by atoms with van der Waals surface area (Å²) in [6.07, 6.45) is -0.859. The molecule has 13 heteroatoms. The second-order valence-corrected chi connectivity index (χ2v) is 8.59. The molecule has 1 aliphatic rings. The predicted molar refractivity (Wildman–Crippen MR) is 108 cm³/mol. The monoisotopic (exact) mass is 488 g/mol. The molecule has 0 spiro atoms. The van der Waals surface area contributed by atoms with Gasteiger partial charge in [-0.15, -0.1) is 0 Å². The third-order valence-corrected chi connectivity index (χ3v) is 5.81. The Labute approximate surface area is 186 Å². The van der Waals surface area contributed by atoms with Gasteiger partial charge >= 0.3 is 5.97 Å². The molecule has 9 nitrogen and oxygen atoms in total. The first-order valence-electron chi connectivity index (χ1n) is 9.61. The number of halogens is 3. The molecule has 1 atom stereocenters. The number of rotatable bonds is 7. The van der Waals surface area contributed by atoms with Gasteiger partial charge in [0.15, 0.2) is 35.1 Å². The molecular formula is C20H19F3N2O7S. The Kier molecular flexibility index (Phi) is 7.43. The number of benzene rings is 2. The average Bonchev–Trinajstić information content (AvgIpc) is 3.03. The normalized spacial score (nSPS) is 14.2. The molecular weight excluding hydrogens is 469 g/mol. The maximum absolute atomic E-state index is 13.7. The molecule has 0 saturated heterocycles. The number of nitrogens with one attached hydrogen (secondary N) is 2. The third-order valence-electron chi connectivity index (χ3n) is 4.41. The molecule has 0 radical (unpaired) electrons. The summed E-state index contributed by atoms with van der Waals surface area (Å²) >= 11 is 0. The predicted octanol–water partition coefficient (Wildman–Crippen LogP) is 2.11. The lowest BCUT2D eigenvalue weighted by Gasteiger charge is -2.15. The second kappa shape index (κ2) is 10.1. The Balaban J connectivity index is 1.56. The zero-order valence-electron chi connectivity index (χ0n) is 17.2. The van der Waals surface area contributed by atoms with Crippen molar-refractivity contribution in [3.8, 4) is 11.5 Å². The van der Waals surface area contributed by atoms with E-state index in [4.69, 9.17) is 14.2 Å². The van der Waals surface area contributed by atoms with Crippen LogP contribution in [-0.4, -0.2) is 46.2 Å². The number of hydrogen-bond acceptors (Lipinski definition) is 7. The fourth-order valence-electron chi connectivity index (χ4n) is 2.70. The Morgan fingerprint density at radius 1 is 1.06 bits per heavy atom. The van der Waals surface area contributed by atoms with E-state index in [2.05, 4.69) is 0 Å². The van der Waals surface area contributed by atoms with E-state index in [1.54, 1.807) is 0 Å². The summed E-state index contributed by atoms with van der Waals surface area (Å²) in [6, 6.07) is 5.36. The Morgan fingerprint density at radius 3 is 2.48 bits per heavy atom. The van der Waals surface area contributed by atoms with Crippen molar-refractivity contribution in [1.29, 1.82) is 0 Å². The average molecular weight is 488 g/mol. The van der Waals surface area contributed by atoms with Crippen molar-refractivity contribution >= 4 is 27.6 Å². The highest BCUT2D eigenvalue weighted by molar-refractivity contribution is 7.89. The van der Waals surface area contributed by atoms with Gasteiger partial charge in [0.1, 0.15) is 6.54 Å². The molecule has 0 bridgehead atoms. The highest BCUT2D eigenvalue weighted by atomic mass is 32.2. The Morgan fingerprint density at radius 2 is 1.76 bits per heavy atom. The van der Waals surface area contributed by atoms with Crippen LogP contribution in [0.15, 0.2) is 35.2 Å². The number of esters is 1. The van der Waals surface area contributed by atoms with E-state index in [1.807, 2.05) is 10.0 Å². The summed E-state index contributed by atoms with van der Waals surface area (Å²) in [6.45, 7) is 1.10. The lowest BCUT2D eigenvalue weighted by molar-refractivity contribution is -0.151. The molecule has 2 aromatic rings. The highest BCUT2D eigenvalue weighted by Crippen LogP contribution is 2.31. The summed E-state index contributed by atoms with van der Waals surface area (Å²) < 4.78 is 82.5. The molecule has 178 valence electrons. The van der Waals surface area contributed by atoms with Gasteiger partial charge in [0.05, 0.1) is 23.8 Å². The van der Waals surface area contributed by atoms with Gasteiger partial charge < -0.3 is 19.5 Å². The molecule has 0 saturated carbocycles. The maximum Gasteiger partial charge on any atom is 0.321 e. The number of sulfonamides is 1. The molecule has 1 aliphatic heterocycles. The zero-order chi connectivity index (χ0) is 24.2. The van der Waals surface area contributed by atoms with E-state index >= 15 is 0 Å². The van der Waals surface area contributed by atoms with Crippen LogP contribution in [-0.2, 0) is 24.3 Å². The Hall–Kier alpha value is -3.32. The first kappa shape index (κ1) is 24.3. The molecule has 0 aromatic heterocycles. The van der Waals surface area contributed by atoms with Crippen molar-refractivity contribution in [2.24, 2.45) is 0 Å². The quantitative estimate of drug-likeness (QED) is 0.453. The summed E-state index contributed by atoms with van der Waals surface area (Å²) in [5, 5.41) is 1.95. The maximum atomic E-state index is 13.7. The van der Waals surface area contributed by atoms with Gasteiger partial charge in [0.2, 0.25) is 10.0 Å². The van der Waals surface area contributed by atoms with E-state index in [0.717, 1.165) is 13.0 Å². The van der Waals surface area contributed by atoms with Crippen LogP contribution in [0.4, 0.5) is 18.9 Å². The van der Waals surface area contributed by atoms with Crippen LogP contribution in [0.25, 0.3) is 0 Å².